The number of amides is 1. The van der Waals surface area contributed by atoms with E-state index in [1.165, 1.54) is 0 Å². The molecule has 2 aromatic carbocycles. The maximum atomic E-state index is 13.1. The minimum absolute atomic E-state index is 0.150. The molecule has 0 aromatic heterocycles. The molecule has 7 heteroatoms. The third-order valence-corrected chi connectivity index (χ3v) is 6.14. The van der Waals surface area contributed by atoms with E-state index < -0.39 is 5.41 Å². The van der Waals surface area contributed by atoms with Gasteiger partial charge in [0.05, 0.1) is 19.6 Å². The molecule has 1 amide bonds. The van der Waals surface area contributed by atoms with Gasteiger partial charge in [-0.05, 0) is 68.6 Å². The van der Waals surface area contributed by atoms with E-state index in [0.29, 0.717) is 37.8 Å². The highest BCUT2D eigenvalue weighted by molar-refractivity contribution is 7.80. The zero-order valence-corrected chi connectivity index (χ0v) is 22.4. The molecular weight excluding hydrogens is 460 g/mol. The number of nitrogens with one attached hydrogen (secondary N) is 1. The van der Waals surface area contributed by atoms with Crippen molar-refractivity contribution in [3.8, 4) is 5.75 Å². The summed E-state index contributed by atoms with van der Waals surface area (Å²) in [5.74, 6) is 0.443. The summed E-state index contributed by atoms with van der Waals surface area (Å²) in [6.07, 6.45) is 1.57. The predicted molar refractivity (Wildman–Crippen MR) is 143 cm³/mol. The lowest BCUT2D eigenvalue weighted by molar-refractivity contribution is -0.143. The van der Waals surface area contributed by atoms with Crippen molar-refractivity contribution in [1.82, 2.24) is 10.2 Å². The van der Waals surface area contributed by atoms with E-state index in [1.807, 2.05) is 75.1 Å². The normalized spacial score (nSPS) is 11.0. The lowest BCUT2D eigenvalue weighted by atomic mass is 9.87. The highest BCUT2D eigenvalue weighted by atomic mass is 32.1. The fraction of sp³-hybridized carbons (Fsp3) is 0.464. The maximum Gasteiger partial charge on any atom is 0.307 e. The van der Waals surface area contributed by atoms with E-state index in [0.717, 1.165) is 28.9 Å². The van der Waals surface area contributed by atoms with Gasteiger partial charge in [0.2, 0.25) is 5.91 Å². The molecule has 0 spiro atoms. The van der Waals surface area contributed by atoms with Crippen molar-refractivity contribution in [3.63, 3.8) is 0 Å². The molecule has 0 unspecified atom stereocenters. The van der Waals surface area contributed by atoms with Crippen LogP contribution in [0.25, 0.3) is 0 Å². The van der Waals surface area contributed by atoms with E-state index in [9.17, 15) is 9.59 Å². The fourth-order valence-electron chi connectivity index (χ4n) is 3.53. The molecule has 0 radical (unpaired) electrons. The average molecular weight is 499 g/mol. The van der Waals surface area contributed by atoms with Crippen molar-refractivity contribution in [3.05, 3.63) is 65.2 Å². The van der Waals surface area contributed by atoms with Crippen LogP contribution in [0.4, 0.5) is 0 Å². The van der Waals surface area contributed by atoms with E-state index in [-0.39, 0.29) is 18.3 Å². The Kier molecular flexibility index (Phi) is 11.2. The van der Waals surface area contributed by atoms with E-state index in [1.54, 1.807) is 6.92 Å². The molecule has 2 aromatic rings. The molecule has 0 saturated carbocycles. The van der Waals surface area contributed by atoms with Crippen LogP contribution in [0, 0.1) is 19.3 Å². The van der Waals surface area contributed by atoms with Crippen LogP contribution in [0.15, 0.2) is 48.5 Å². The van der Waals surface area contributed by atoms with Crippen LogP contribution in [0.1, 0.15) is 56.7 Å². The molecule has 0 bridgehead atoms. The summed E-state index contributed by atoms with van der Waals surface area (Å²) < 4.78 is 11.0. The van der Waals surface area contributed by atoms with Crippen molar-refractivity contribution in [2.75, 3.05) is 19.8 Å². The van der Waals surface area contributed by atoms with Crippen LogP contribution in [-0.2, 0) is 20.9 Å². The summed E-state index contributed by atoms with van der Waals surface area (Å²) >= 11 is 5.58. The third kappa shape index (κ3) is 9.68. The molecule has 0 aliphatic rings. The molecule has 0 aliphatic heterocycles. The van der Waals surface area contributed by atoms with Gasteiger partial charge in [-0.2, -0.15) is 0 Å². The first-order valence-electron chi connectivity index (χ1n) is 12.1. The first kappa shape index (κ1) is 28.3. The van der Waals surface area contributed by atoms with Crippen molar-refractivity contribution in [2.45, 2.75) is 60.4 Å². The number of hydrogen-bond acceptors (Lipinski definition) is 5. The molecule has 0 atom stereocenters. The van der Waals surface area contributed by atoms with Gasteiger partial charge in [-0.15, -0.1) is 0 Å². The molecule has 0 fully saturated rings. The number of carbonyl (C=O) groups is 2. The van der Waals surface area contributed by atoms with Crippen molar-refractivity contribution < 1.29 is 19.1 Å². The van der Waals surface area contributed by atoms with Gasteiger partial charge < -0.3 is 19.7 Å². The first-order chi connectivity index (χ1) is 16.6. The van der Waals surface area contributed by atoms with Gasteiger partial charge in [-0.1, -0.05) is 56.3 Å². The number of nitrogens with zero attached hydrogens (tertiary/aromatic N) is 1. The smallest absolute Gasteiger partial charge is 0.307 e. The van der Waals surface area contributed by atoms with Crippen LogP contribution in [0.3, 0.4) is 0 Å². The van der Waals surface area contributed by atoms with Gasteiger partial charge in [0.25, 0.3) is 0 Å². The topological polar surface area (TPSA) is 67.9 Å². The summed E-state index contributed by atoms with van der Waals surface area (Å²) in [5, 5.41) is 3.21. The van der Waals surface area contributed by atoms with E-state index in [4.69, 9.17) is 21.7 Å². The number of ether oxygens (including phenoxy) is 2. The summed E-state index contributed by atoms with van der Waals surface area (Å²) in [4.78, 5) is 26.8. The number of benzene rings is 2. The number of rotatable bonds is 12. The third-order valence-electron chi connectivity index (χ3n) is 5.78. The van der Waals surface area contributed by atoms with Crippen LogP contribution in [0.5, 0.6) is 5.75 Å². The molecule has 0 heterocycles. The second-order valence-electron chi connectivity index (χ2n) is 9.33. The van der Waals surface area contributed by atoms with E-state index >= 15 is 0 Å². The first-order valence-corrected chi connectivity index (χ1v) is 12.5. The Hall–Kier alpha value is -2.93. The number of carbonyl (C=O) groups excluding carboxylic acids is 2. The van der Waals surface area contributed by atoms with Crippen LogP contribution < -0.4 is 10.1 Å². The Morgan fingerprint density at radius 1 is 1.09 bits per heavy atom. The molecule has 190 valence electrons. The van der Waals surface area contributed by atoms with Gasteiger partial charge in [0.1, 0.15) is 5.75 Å². The summed E-state index contributed by atoms with van der Waals surface area (Å²) in [7, 11) is 0. The standard InChI is InChI=1S/C28H38N2O4S/c1-6-33-25(31)15-17-30(20-23-11-8-7-9-12-23)27(35)29-26(32)28(4,5)16-10-18-34-24-19-21(2)13-14-22(24)3/h7-9,11-14,19H,6,10,15-18,20H2,1-5H3,(H,29,32,35). The summed E-state index contributed by atoms with van der Waals surface area (Å²) in [5.41, 5.74) is 2.66. The lowest BCUT2D eigenvalue weighted by Gasteiger charge is -2.29. The SMILES string of the molecule is CCOC(=O)CCN(Cc1ccccc1)C(=S)NC(=O)C(C)(C)CCCOc1cc(C)ccc1C. The zero-order chi connectivity index (χ0) is 25.8. The lowest BCUT2D eigenvalue weighted by Crippen LogP contribution is -2.47. The van der Waals surface area contributed by atoms with Crippen LogP contribution in [-0.4, -0.2) is 41.6 Å². The van der Waals surface area contributed by atoms with Crippen molar-refractivity contribution in [2.24, 2.45) is 5.41 Å². The maximum absolute atomic E-state index is 13.1. The molecule has 1 N–H and O–H groups in total. The van der Waals surface area contributed by atoms with Gasteiger partial charge in [0.15, 0.2) is 5.11 Å². The highest BCUT2D eigenvalue weighted by Crippen LogP contribution is 2.24. The van der Waals surface area contributed by atoms with Crippen LogP contribution >= 0.6 is 12.2 Å². The molecule has 2 rings (SSSR count). The molecule has 6 nitrogen and oxygen atoms in total. The van der Waals surface area contributed by atoms with Gasteiger partial charge in [0, 0.05) is 18.5 Å². The number of esters is 1. The Morgan fingerprint density at radius 3 is 2.49 bits per heavy atom. The zero-order valence-electron chi connectivity index (χ0n) is 21.6. The quantitative estimate of drug-likeness (QED) is 0.242. The molecule has 35 heavy (non-hydrogen) atoms. The number of hydrogen-bond donors (Lipinski definition) is 1. The second-order valence-corrected chi connectivity index (χ2v) is 9.71. The highest BCUT2D eigenvalue weighted by Gasteiger charge is 2.29. The number of aryl methyl sites for hydroxylation is 2. The second kappa shape index (κ2) is 13.8. The van der Waals surface area contributed by atoms with Crippen LogP contribution in [0.2, 0.25) is 0 Å². The van der Waals surface area contributed by atoms with E-state index in [2.05, 4.69) is 11.4 Å². The number of thiocarbonyl (C=S) groups is 1. The molecule has 0 aliphatic carbocycles. The fourth-order valence-corrected chi connectivity index (χ4v) is 3.78. The van der Waals surface area contributed by atoms with Crippen molar-refractivity contribution in [1.29, 1.82) is 0 Å². The summed E-state index contributed by atoms with van der Waals surface area (Å²) in [6, 6.07) is 16.0. The minimum Gasteiger partial charge on any atom is -0.493 e. The Morgan fingerprint density at radius 2 is 1.80 bits per heavy atom. The van der Waals surface area contributed by atoms with Crippen molar-refractivity contribution >= 4 is 29.2 Å². The predicted octanol–water partition coefficient (Wildman–Crippen LogP) is 5.35. The minimum atomic E-state index is -0.630. The molecular formula is C28H38N2O4S. The van der Waals surface area contributed by atoms with Gasteiger partial charge in [-0.3, -0.25) is 9.59 Å². The summed E-state index contributed by atoms with van der Waals surface area (Å²) in [6.45, 7) is 11.4. The average Bonchev–Trinajstić information content (AvgIpc) is 2.82. The van der Waals surface area contributed by atoms with Gasteiger partial charge in [-0.25, -0.2) is 0 Å². The monoisotopic (exact) mass is 498 g/mol. The Bertz CT molecular complexity index is 992. The van der Waals surface area contributed by atoms with Gasteiger partial charge >= 0.3 is 5.97 Å². The molecule has 0 saturated heterocycles. The Balaban J connectivity index is 1.92. The largest absolute Gasteiger partial charge is 0.493 e. The Labute approximate surface area is 215 Å².